The normalized spacial score (nSPS) is 13.0. The Bertz CT molecular complexity index is 1070. The molecule has 0 unspecified atom stereocenters. The molecule has 0 aliphatic carbocycles. The maximum Gasteiger partial charge on any atom is 0.259 e. The lowest BCUT2D eigenvalue weighted by Gasteiger charge is -2.28. The second-order valence-corrected chi connectivity index (χ2v) is 7.98. The molecule has 1 aliphatic rings. The maximum atomic E-state index is 13.2. The van der Waals surface area contributed by atoms with Crippen molar-refractivity contribution in [1.29, 1.82) is 0 Å². The molecule has 5 nitrogen and oxygen atoms in total. The van der Waals surface area contributed by atoms with Crippen LogP contribution in [-0.2, 0) is 13.0 Å². The van der Waals surface area contributed by atoms with Crippen LogP contribution in [0.4, 0.5) is 5.69 Å². The smallest absolute Gasteiger partial charge is 0.259 e. The molecule has 3 aromatic rings. The molecular formula is C23H22N2O3S. The molecule has 0 spiro atoms. The molecule has 0 saturated heterocycles. The van der Waals surface area contributed by atoms with Crippen molar-refractivity contribution in [2.45, 2.75) is 19.9 Å². The molecule has 1 aromatic heterocycles. The summed E-state index contributed by atoms with van der Waals surface area (Å²) in [6.45, 7) is 3.21. The first-order chi connectivity index (χ1) is 14.1. The van der Waals surface area contributed by atoms with E-state index in [-0.39, 0.29) is 11.8 Å². The van der Waals surface area contributed by atoms with Crippen molar-refractivity contribution in [3.8, 4) is 5.75 Å². The van der Waals surface area contributed by atoms with E-state index in [9.17, 15) is 9.59 Å². The molecule has 0 saturated carbocycles. The molecular weight excluding hydrogens is 384 g/mol. The summed E-state index contributed by atoms with van der Waals surface area (Å²) in [6.07, 6.45) is 0.891. The summed E-state index contributed by atoms with van der Waals surface area (Å²) in [5.74, 6) is 0.235. The first-order valence-electron chi connectivity index (χ1n) is 9.47. The van der Waals surface area contributed by atoms with Crippen LogP contribution in [0.1, 0.15) is 36.7 Å². The summed E-state index contributed by atoms with van der Waals surface area (Å²) in [4.78, 5) is 29.2. The molecule has 0 fully saturated rings. The van der Waals surface area contributed by atoms with Crippen LogP contribution in [0.25, 0.3) is 0 Å². The van der Waals surface area contributed by atoms with E-state index in [2.05, 4.69) is 16.8 Å². The molecule has 0 radical (unpaired) electrons. The van der Waals surface area contributed by atoms with Gasteiger partial charge in [-0.15, -0.1) is 11.3 Å². The van der Waals surface area contributed by atoms with Crippen LogP contribution < -0.4 is 10.1 Å². The van der Waals surface area contributed by atoms with E-state index in [1.54, 1.807) is 35.6 Å². The lowest BCUT2D eigenvalue weighted by atomic mass is 10.0. The number of hydrogen-bond donors (Lipinski definition) is 1. The summed E-state index contributed by atoms with van der Waals surface area (Å²) in [5, 5.41) is 5.00. The summed E-state index contributed by atoms with van der Waals surface area (Å²) in [7, 11) is 1.54. The van der Waals surface area contributed by atoms with Crippen LogP contribution in [0.15, 0.2) is 53.9 Å². The van der Waals surface area contributed by atoms with Crippen LogP contribution in [0.2, 0.25) is 0 Å². The van der Waals surface area contributed by atoms with E-state index in [1.807, 2.05) is 30.0 Å². The Morgan fingerprint density at radius 1 is 1.07 bits per heavy atom. The fourth-order valence-corrected chi connectivity index (χ4v) is 4.51. The fraction of sp³-hybridized carbons (Fsp3) is 0.217. The number of anilines is 1. The Hall–Kier alpha value is -3.12. The zero-order valence-corrected chi connectivity index (χ0v) is 17.2. The fourth-order valence-electron chi connectivity index (χ4n) is 3.62. The number of rotatable bonds is 4. The van der Waals surface area contributed by atoms with Gasteiger partial charge in [-0.1, -0.05) is 18.2 Å². The highest BCUT2D eigenvalue weighted by Crippen LogP contribution is 2.27. The minimum Gasteiger partial charge on any atom is -0.496 e. The predicted molar refractivity (Wildman–Crippen MR) is 115 cm³/mol. The van der Waals surface area contributed by atoms with Gasteiger partial charge in [-0.25, -0.2) is 0 Å². The maximum absolute atomic E-state index is 13.2. The van der Waals surface area contributed by atoms with Crippen LogP contribution in [0.5, 0.6) is 5.75 Å². The summed E-state index contributed by atoms with van der Waals surface area (Å²) in [6, 6.07) is 14.6. The number of methoxy groups -OCH3 is 1. The number of para-hydroxylation sites is 1. The van der Waals surface area contributed by atoms with Crippen molar-refractivity contribution in [3.63, 3.8) is 0 Å². The number of fused-ring (bicyclic) bond motifs is 1. The van der Waals surface area contributed by atoms with Gasteiger partial charge in [-0.3, -0.25) is 9.59 Å². The zero-order chi connectivity index (χ0) is 20.4. The molecule has 2 amide bonds. The van der Waals surface area contributed by atoms with E-state index in [0.29, 0.717) is 35.7 Å². The van der Waals surface area contributed by atoms with Crippen molar-refractivity contribution in [1.82, 2.24) is 4.90 Å². The Labute approximate surface area is 173 Å². The SMILES string of the molecule is COc1ccccc1C(=O)Nc1cccc(C(=O)N2CCc3sccc3C2)c1C. The van der Waals surface area contributed by atoms with Gasteiger partial charge in [0.05, 0.1) is 12.7 Å². The van der Waals surface area contributed by atoms with Crippen molar-refractivity contribution >= 4 is 28.8 Å². The molecule has 148 valence electrons. The number of hydrogen-bond acceptors (Lipinski definition) is 4. The van der Waals surface area contributed by atoms with Crippen molar-refractivity contribution in [2.24, 2.45) is 0 Å². The Morgan fingerprint density at radius 2 is 1.86 bits per heavy atom. The quantitative estimate of drug-likeness (QED) is 0.693. The van der Waals surface area contributed by atoms with Crippen LogP contribution >= 0.6 is 11.3 Å². The molecule has 2 aromatic carbocycles. The van der Waals surface area contributed by atoms with Gasteiger partial charge in [0.1, 0.15) is 5.75 Å². The number of carbonyl (C=O) groups is 2. The van der Waals surface area contributed by atoms with Gasteiger partial charge in [-0.05, 0) is 60.2 Å². The standard InChI is InChI=1S/C23H22N2O3S/c1-15-17(23(27)25-12-10-21-16(14-25)11-13-29-21)7-5-8-19(15)24-22(26)18-6-3-4-9-20(18)28-2/h3-9,11,13H,10,12,14H2,1-2H3,(H,24,26). The van der Waals surface area contributed by atoms with Crippen molar-refractivity contribution < 1.29 is 14.3 Å². The first kappa shape index (κ1) is 19.2. The number of benzene rings is 2. The predicted octanol–water partition coefficient (Wildman–Crippen LogP) is 4.52. The highest BCUT2D eigenvalue weighted by molar-refractivity contribution is 7.10. The van der Waals surface area contributed by atoms with Crippen molar-refractivity contribution in [2.75, 3.05) is 19.0 Å². The zero-order valence-electron chi connectivity index (χ0n) is 16.4. The van der Waals surface area contributed by atoms with E-state index in [4.69, 9.17) is 4.74 Å². The first-order valence-corrected chi connectivity index (χ1v) is 10.3. The topological polar surface area (TPSA) is 58.6 Å². The average molecular weight is 407 g/mol. The number of nitrogens with one attached hydrogen (secondary N) is 1. The summed E-state index contributed by atoms with van der Waals surface area (Å²) < 4.78 is 5.28. The number of thiophene rings is 1. The largest absolute Gasteiger partial charge is 0.496 e. The molecule has 0 atom stereocenters. The van der Waals surface area contributed by atoms with Gasteiger partial charge in [0.15, 0.2) is 0 Å². The second kappa shape index (κ2) is 8.09. The summed E-state index contributed by atoms with van der Waals surface area (Å²) in [5.41, 5.74) is 3.68. The number of amides is 2. The van der Waals surface area contributed by atoms with Gasteiger partial charge < -0.3 is 15.0 Å². The van der Waals surface area contributed by atoms with Gasteiger partial charge in [0.25, 0.3) is 11.8 Å². The van der Waals surface area contributed by atoms with Crippen LogP contribution in [0, 0.1) is 6.92 Å². The molecule has 1 N–H and O–H groups in total. The Kier molecular flexibility index (Phi) is 5.36. The molecule has 2 heterocycles. The highest BCUT2D eigenvalue weighted by Gasteiger charge is 2.24. The third kappa shape index (κ3) is 3.76. The van der Waals surface area contributed by atoms with Gasteiger partial charge in [-0.2, -0.15) is 0 Å². The van der Waals surface area contributed by atoms with Gasteiger partial charge >= 0.3 is 0 Å². The van der Waals surface area contributed by atoms with E-state index in [1.165, 1.54) is 17.6 Å². The molecule has 1 aliphatic heterocycles. The van der Waals surface area contributed by atoms with E-state index < -0.39 is 0 Å². The van der Waals surface area contributed by atoms with Gasteiger partial charge in [0.2, 0.25) is 0 Å². The lowest BCUT2D eigenvalue weighted by Crippen LogP contribution is -2.35. The third-order valence-corrected chi connectivity index (χ3v) is 6.28. The number of carbonyl (C=O) groups excluding carboxylic acids is 2. The van der Waals surface area contributed by atoms with Crippen molar-refractivity contribution in [3.05, 3.63) is 81.0 Å². The van der Waals surface area contributed by atoms with E-state index >= 15 is 0 Å². The Balaban J connectivity index is 1.56. The van der Waals surface area contributed by atoms with Crippen LogP contribution in [0.3, 0.4) is 0 Å². The second-order valence-electron chi connectivity index (χ2n) is 6.98. The third-order valence-electron chi connectivity index (χ3n) is 5.26. The average Bonchev–Trinajstić information content (AvgIpc) is 3.22. The Morgan fingerprint density at radius 3 is 2.69 bits per heavy atom. The number of ether oxygens (including phenoxy) is 1. The van der Waals surface area contributed by atoms with Crippen LogP contribution in [-0.4, -0.2) is 30.4 Å². The highest BCUT2D eigenvalue weighted by atomic mass is 32.1. The molecule has 4 rings (SSSR count). The molecule has 29 heavy (non-hydrogen) atoms. The monoisotopic (exact) mass is 406 g/mol. The lowest BCUT2D eigenvalue weighted by molar-refractivity contribution is 0.0735. The minimum absolute atomic E-state index is 0.00672. The number of nitrogens with zero attached hydrogens (tertiary/aromatic N) is 1. The summed E-state index contributed by atoms with van der Waals surface area (Å²) >= 11 is 1.75. The molecule has 6 heteroatoms. The minimum atomic E-state index is -0.268. The molecule has 0 bridgehead atoms. The van der Waals surface area contributed by atoms with E-state index in [0.717, 1.165) is 12.0 Å². The van der Waals surface area contributed by atoms with Gasteiger partial charge in [0, 0.05) is 29.2 Å².